The molecule has 0 bridgehead atoms. The van der Waals surface area contributed by atoms with Crippen LogP contribution in [0.4, 0.5) is 5.69 Å². The van der Waals surface area contributed by atoms with Gasteiger partial charge in [0.15, 0.2) is 5.15 Å². The van der Waals surface area contributed by atoms with Gasteiger partial charge in [-0.1, -0.05) is 11.6 Å². The number of halogens is 2. The van der Waals surface area contributed by atoms with Crippen molar-refractivity contribution in [3.05, 3.63) is 50.8 Å². The molecule has 0 radical (unpaired) electrons. The topological polar surface area (TPSA) is 96.4 Å². The quantitative estimate of drug-likeness (QED) is 0.565. The second kappa shape index (κ2) is 6.16. The third kappa shape index (κ3) is 3.63. The monoisotopic (exact) mass is 438 g/mol. The second-order valence-electron chi connectivity index (χ2n) is 3.89. The number of sulfonamides is 1. The van der Waals surface area contributed by atoms with E-state index in [1.807, 2.05) is 22.6 Å². The Morgan fingerprint density at radius 2 is 2.05 bits per heavy atom. The number of nitrogens with zero attached hydrogens (tertiary/aromatic N) is 1. The summed E-state index contributed by atoms with van der Waals surface area (Å²) in [6, 6.07) is 6.82. The van der Waals surface area contributed by atoms with E-state index in [0.29, 0.717) is 3.57 Å². The lowest BCUT2D eigenvalue weighted by molar-refractivity contribution is 0.0695. The number of carboxylic acid groups (broad SMARTS) is 1. The molecular weight excluding hydrogens is 431 g/mol. The minimum Gasteiger partial charge on any atom is -0.478 e. The molecule has 0 atom stereocenters. The Morgan fingerprint density at radius 1 is 1.33 bits per heavy atom. The average molecular weight is 439 g/mol. The number of aromatic nitrogens is 1. The Hall–Kier alpha value is -1.39. The summed E-state index contributed by atoms with van der Waals surface area (Å²) in [4.78, 5) is 14.7. The number of hydrogen-bond acceptors (Lipinski definition) is 4. The van der Waals surface area contributed by atoms with Gasteiger partial charge in [-0.2, -0.15) is 0 Å². The first-order valence-corrected chi connectivity index (χ1v) is 8.41. The highest BCUT2D eigenvalue weighted by molar-refractivity contribution is 14.1. The maximum Gasteiger partial charge on any atom is 0.336 e. The molecule has 0 saturated heterocycles. The third-order valence-corrected chi connectivity index (χ3v) is 5.09. The number of anilines is 1. The smallest absolute Gasteiger partial charge is 0.336 e. The molecule has 2 N–H and O–H groups in total. The van der Waals surface area contributed by atoms with Gasteiger partial charge < -0.3 is 5.11 Å². The van der Waals surface area contributed by atoms with E-state index in [4.69, 9.17) is 16.7 Å². The SMILES string of the molecule is O=C(O)c1cc(S(=O)(=O)Nc2cccnc2Cl)ccc1I. The number of carbonyl (C=O) groups is 1. The van der Waals surface area contributed by atoms with Crippen LogP contribution < -0.4 is 4.72 Å². The first kappa shape index (κ1) is 16.0. The zero-order valence-corrected chi connectivity index (χ0v) is 14.0. The first-order valence-electron chi connectivity index (χ1n) is 5.47. The second-order valence-corrected chi connectivity index (χ2v) is 7.10. The maximum atomic E-state index is 12.2. The molecule has 110 valence electrons. The number of nitrogens with one attached hydrogen (secondary N) is 1. The van der Waals surface area contributed by atoms with Crippen molar-refractivity contribution in [2.45, 2.75) is 4.90 Å². The van der Waals surface area contributed by atoms with Crippen LogP contribution in [0.15, 0.2) is 41.4 Å². The molecule has 0 aliphatic rings. The number of pyridine rings is 1. The summed E-state index contributed by atoms with van der Waals surface area (Å²) in [5, 5.41) is 9.04. The fourth-order valence-electron chi connectivity index (χ4n) is 1.50. The van der Waals surface area contributed by atoms with E-state index in [-0.39, 0.29) is 21.3 Å². The van der Waals surface area contributed by atoms with Crippen LogP contribution in [0.5, 0.6) is 0 Å². The molecule has 0 saturated carbocycles. The van der Waals surface area contributed by atoms with Crippen LogP contribution in [0.1, 0.15) is 10.4 Å². The summed E-state index contributed by atoms with van der Waals surface area (Å²) < 4.78 is 27.2. The number of carboxylic acids is 1. The zero-order chi connectivity index (χ0) is 15.6. The fourth-order valence-corrected chi connectivity index (χ4v) is 3.38. The fraction of sp³-hybridized carbons (Fsp3) is 0. The van der Waals surface area contributed by atoms with Crippen molar-refractivity contribution >= 4 is 55.9 Å². The lowest BCUT2D eigenvalue weighted by Gasteiger charge is -2.10. The highest BCUT2D eigenvalue weighted by Gasteiger charge is 2.19. The Labute approximate surface area is 139 Å². The van der Waals surface area contributed by atoms with Crippen LogP contribution >= 0.6 is 34.2 Å². The molecule has 2 aromatic rings. The Balaban J connectivity index is 2.43. The molecule has 0 spiro atoms. The van der Waals surface area contributed by atoms with E-state index in [1.165, 1.54) is 30.5 Å². The summed E-state index contributed by atoms with van der Waals surface area (Å²) in [5.41, 5.74) is 0.0327. The van der Waals surface area contributed by atoms with E-state index in [1.54, 1.807) is 0 Å². The predicted octanol–water partition coefficient (Wildman–Crippen LogP) is 2.84. The lowest BCUT2D eigenvalue weighted by atomic mass is 10.2. The molecule has 1 aromatic carbocycles. The molecule has 0 unspecified atom stereocenters. The van der Waals surface area contributed by atoms with Crippen molar-refractivity contribution in [3.8, 4) is 0 Å². The molecule has 0 aliphatic heterocycles. The first-order chi connectivity index (χ1) is 9.81. The highest BCUT2D eigenvalue weighted by Crippen LogP contribution is 2.23. The molecule has 0 amide bonds. The van der Waals surface area contributed by atoms with Gasteiger partial charge >= 0.3 is 5.97 Å². The Morgan fingerprint density at radius 3 is 2.67 bits per heavy atom. The number of aromatic carboxylic acids is 1. The molecule has 0 aliphatic carbocycles. The Kier molecular flexibility index (Phi) is 4.69. The van der Waals surface area contributed by atoms with Gasteiger partial charge in [-0.25, -0.2) is 18.2 Å². The molecule has 6 nitrogen and oxygen atoms in total. The molecule has 9 heteroatoms. The molecule has 2 rings (SSSR count). The summed E-state index contributed by atoms with van der Waals surface area (Å²) in [6.07, 6.45) is 1.42. The summed E-state index contributed by atoms with van der Waals surface area (Å²) in [5.74, 6) is -1.20. The third-order valence-electron chi connectivity index (χ3n) is 2.48. The van der Waals surface area contributed by atoms with Gasteiger partial charge in [0.05, 0.1) is 16.1 Å². The molecule has 1 aromatic heterocycles. The van der Waals surface area contributed by atoms with Crippen LogP contribution in [-0.2, 0) is 10.0 Å². The van der Waals surface area contributed by atoms with Crippen LogP contribution in [0.3, 0.4) is 0 Å². The van der Waals surface area contributed by atoms with E-state index in [9.17, 15) is 13.2 Å². The normalized spacial score (nSPS) is 11.1. The van der Waals surface area contributed by atoms with Crippen molar-refractivity contribution in [1.29, 1.82) is 0 Å². The Bertz CT molecular complexity index is 811. The van der Waals surface area contributed by atoms with E-state index >= 15 is 0 Å². The van der Waals surface area contributed by atoms with Gasteiger partial charge in [-0.15, -0.1) is 0 Å². The molecular formula is C12H8ClIN2O4S. The van der Waals surface area contributed by atoms with Crippen molar-refractivity contribution in [1.82, 2.24) is 4.98 Å². The van der Waals surface area contributed by atoms with Crippen LogP contribution in [-0.4, -0.2) is 24.5 Å². The molecule has 21 heavy (non-hydrogen) atoms. The molecule has 1 heterocycles. The standard InChI is InChI=1S/C12H8ClIN2O4S/c13-11-10(2-1-5-15-11)16-21(19,20)7-3-4-9(14)8(6-7)12(17)18/h1-6,16H,(H,17,18). The minimum absolute atomic E-state index is 0.00467. The van der Waals surface area contributed by atoms with Crippen molar-refractivity contribution in [2.75, 3.05) is 4.72 Å². The van der Waals surface area contributed by atoms with Crippen molar-refractivity contribution < 1.29 is 18.3 Å². The van der Waals surface area contributed by atoms with Crippen LogP contribution in [0, 0.1) is 3.57 Å². The van der Waals surface area contributed by atoms with E-state index < -0.39 is 16.0 Å². The summed E-state index contributed by atoms with van der Waals surface area (Å²) >= 11 is 7.61. The summed E-state index contributed by atoms with van der Waals surface area (Å²) in [6.45, 7) is 0. The summed E-state index contributed by atoms with van der Waals surface area (Å²) in [7, 11) is -3.95. The number of benzene rings is 1. The lowest BCUT2D eigenvalue weighted by Crippen LogP contribution is -2.14. The number of rotatable bonds is 4. The van der Waals surface area contributed by atoms with Gasteiger partial charge in [0, 0.05) is 9.77 Å². The minimum atomic E-state index is -3.95. The van der Waals surface area contributed by atoms with Gasteiger partial charge in [-0.05, 0) is 52.9 Å². The predicted molar refractivity (Wildman–Crippen MR) is 86.2 cm³/mol. The van der Waals surface area contributed by atoms with Crippen molar-refractivity contribution in [3.63, 3.8) is 0 Å². The van der Waals surface area contributed by atoms with Crippen LogP contribution in [0.2, 0.25) is 5.15 Å². The number of hydrogen-bond donors (Lipinski definition) is 2. The van der Waals surface area contributed by atoms with Gasteiger partial charge in [0.2, 0.25) is 0 Å². The maximum absolute atomic E-state index is 12.2. The van der Waals surface area contributed by atoms with Crippen LogP contribution in [0.25, 0.3) is 0 Å². The average Bonchev–Trinajstić information content (AvgIpc) is 2.41. The van der Waals surface area contributed by atoms with Gasteiger partial charge in [0.25, 0.3) is 10.0 Å². The van der Waals surface area contributed by atoms with Gasteiger partial charge in [0.1, 0.15) is 0 Å². The highest BCUT2D eigenvalue weighted by atomic mass is 127. The molecule has 0 fully saturated rings. The van der Waals surface area contributed by atoms with E-state index in [0.717, 1.165) is 6.07 Å². The van der Waals surface area contributed by atoms with Crippen molar-refractivity contribution in [2.24, 2.45) is 0 Å². The van der Waals surface area contributed by atoms with E-state index in [2.05, 4.69) is 9.71 Å². The van der Waals surface area contributed by atoms with Gasteiger partial charge in [-0.3, -0.25) is 4.72 Å². The largest absolute Gasteiger partial charge is 0.478 e. The zero-order valence-electron chi connectivity index (χ0n) is 10.2.